The predicted molar refractivity (Wildman–Crippen MR) is 72.1 cm³/mol. The molecule has 7 heteroatoms. The molecule has 0 aliphatic rings. The first-order valence-electron chi connectivity index (χ1n) is 4.13. The van der Waals surface area contributed by atoms with Crippen LogP contribution in [0.3, 0.4) is 0 Å². The summed E-state index contributed by atoms with van der Waals surface area (Å²) in [6, 6.07) is 6.84. The highest BCUT2D eigenvalue weighted by molar-refractivity contribution is 6.41. The van der Waals surface area contributed by atoms with Crippen molar-refractivity contribution in [2.24, 2.45) is 0 Å². The van der Waals surface area contributed by atoms with Crippen LogP contribution < -0.4 is 0 Å². The molecule has 0 bridgehead atoms. The summed E-state index contributed by atoms with van der Waals surface area (Å²) in [5, 5.41) is 1.70. The predicted octanol–water partition coefficient (Wildman–Crippen LogP) is 3.95. The molecule has 2 rings (SSSR count). The van der Waals surface area contributed by atoms with Crippen LogP contribution in [0.4, 0.5) is 0 Å². The molecule has 2 aromatic heterocycles. The standard InChI is InChI=1S/2C5H3Cl2N.H2O/c2*6-4-2-1-3-8-5(4)7;/h2*1-3H;1H2. The maximum absolute atomic E-state index is 5.51. The van der Waals surface area contributed by atoms with E-state index in [0.717, 1.165) is 0 Å². The van der Waals surface area contributed by atoms with Crippen LogP contribution >= 0.6 is 46.4 Å². The van der Waals surface area contributed by atoms with E-state index < -0.39 is 0 Å². The Bertz CT molecular complexity index is 382. The molecule has 0 radical (unpaired) electrons. The SMILES string of the molecule is Clc1cccnc1Cl.Clc1cccnc1Cl.O. The summed E-state index contributed by atoms with van der Waals surface area (Å²) in [5.74, 6) is 0. The van der Waals surface area contributed by atoms with E-state index in [1.807, 2.05) is 0 Å². The van der Waals surface area contributed by atoms with Gasteiger partial charge in [0, 0.05) is 12.4 Å². The smallest absolute Gasteiger partial charge is 0.147 e. The summed E-state index contributed by atoms with van der Waals surface area (Å²) in [6.07, 6.45) is 3.18. The Hall–Kier alpha value is -0.580. The number of hydrogen-bond acceptors (Lipinski definition) is 2. The van der Waals surface area contributed by atoms with Crippen molar-refractivity contribution in [2.45, 2.75) is 0 Å². The first-order chi connectivity index (χ1) is 7.61. The number of hydrogen-bond donors (Lipinski definition) is 0. The van der Waals surface area contributed by atoms with E-state index in [9.17, 15) is 0 Å². The normalized spacial score (nSPS) is 8.71. The maximum atomic E-state index is 5.51. The van der Waals surface area contributed by atoms with Crippen molar-refractivity contribution >= 4 is 46.4 Å². The molecule has 3 nitrogen and oxygen atoms in total. The Kier molecular flexibility index (Phi) is 8.21. The van der Waals surface area contributed by atoms with Gasteiger partial charge in [-0.15, -0.1) is 0 Å². The third-order valence-corrected chi connectivity index (χ3v) is 2.83. The van der Waals surface area contributed by atoms with Crippen LogP contribution in [-0.2, 0) is 0 Å². The Morgan fingerprint density at radius 2 is 1.06 bits per heavy atom. The van der Waals surface area contributed by atoms with Crippen LogP contribution in [0.1, 0.15) is 0 Å². The molecule has 2 N–H and O–H groups in total. The Morgan fingerprint density at radius 3 is 1.24 bits per heavy atom. The van der Waals surface area contributed by atoms with E-state index in [0.29, 0.717) is 20.4 Å². The molecule has 2 aromatic rings. The molecule has 0 atom stereocenters. The van der Waals surface area contributed by atoms with Crippen LogP contribution in [0, 0.1) is 0 Å². The van der Waals surface area contributed by atoms with Gasteiger partial charge in [-0.3, -0.25) is 0 Å². The lowest BCUT2D eigenvalue weighted by Gasteiger charge is -1.87. The molecule has 0 aromatic carbocycles. The van der Waals surface area contributed by atoms with E-state index in [1.54, 1.807) is 36.7 Å². The summed E-state index contributed by atoms with van der Waals surface area (Å²) < 4.78 is 0. The number of pyridine rings is 2. The third-order valence-electron chi connectivity index (χ3n) is 1.43. The van der Waals surface area contributed by atoms with Gasteiger partial charge >= 0.3 is 0 Å². The average Bonchev–Trinajstić information content (AvgIpc) is 2.28. The fraction of sp³-hybridized carbons (Fsp3) is 0. The fourth-order valence-corrected chi connectivity index (χ4v) is 1.21. The highest BCUT2D eigenvalue weighted by Crippen LogP contribution is 2.16. The van der Waals surface area contributed by atoms with Crippen molar-refractivity contribution in [3.8, 4) is 0 Å². The second-order valence-corrected chi connectivity index (χ2v) is 4.08. The Labute approximate surface area is 119 Å². The second-order valence-electron chi connectivity index (χ2n) is 2.55. The molecular formula is C10H8Cl4N2O. The van der Waals surface area contributed by atoms with Crippen LogP contribution in [0.5, 0.6) is 0 Å². The van der Waals surface area contributed by atoms with Crippen LogP contribution in [0.15, 0.2) is 36.7 Å². The molecule has 0 aliphatic heterocycles. The number of aromatic nitrogens is 2. The van der Waals surface area contributed by atoms with Gasteiger partial charge < -0.3 is 5.48 Å². The van der Waals surface area contributed by atoms with Crippen molar-refractivity contribution in [1.29, 1.82) is 0 Å². The first kappa shape index (κ1) is 16.4. The zero-order valence-electron chi connectivity index (χ0n) is 8.37. The summed E-state index contributed by atoms with van der Waals surface area (Å²) >= 11 is 22.0. The van der Waals surface area contributed by atoms with Gasteiger partial charge in [0.15, 0.2) is 0 Å². The lowest BCUT2D eigenvalue weighted by atomic mass is 10.5. The molecule has 0 aliphatic carbocycles. The molecule has 2 heterocycles. The van der Waals surface area contributed by atoms with E-state index in [4.69, 9.17) is 46.4 Å². The molecule has 0 unspecified atom stereocenters. The van der Waals surface area contributed by atoms with E-state index in [2.05, 4.69) is 9.97 Å². The highest BCUT2D eigenvalue weighted by Gasteiger charge is 1.91. The van der Waals surface area contributed by atoms with Gasteiger partial charge in [0.25, 0.3) is 0 Å². The molecule has 17 heavy (non-hydrogen) atoms. The van der Waals surface area contributed by atoms with Crippen molar-refractivity contribution in [1.82, 2.24) is 9.97 Å². The summed E-state index contributed by atoms with van der Waals surface area (Å²) in [6.45, 7) is 0. The van der Waals surface area contributed by atoms with Gasteiger partial charge in [0.1, 0.15) is 10.3 Å². The van der Waals surface area contributed by atoms with Gasteiger partial charge in [0.05, 0.1) is 10.0 Å². The monoisotopic (exact) mass is 312 g/mol. The van der Waals surface area contributed by atoms with Crippen LogP contribution in [-0.4, -0.2) is 15.4 Å². The average molecular weight is 314 g/mol. The largest absolute Gasteiger partial charge is 0.412 e. The zero-order valence-corrected chi connectivity index (χ0v) is 11.4. The van der Waals surface area contributed by atoms with E-state index in [1.165, 1.54) is 0 Å². The van der Waals surface area contributed by atoms with E-state index >= 15 is 0 Å². The lowest BCUT2D eigenvalue weighted by Crippen LogP contribution is -1.70. The minimum absolute atomic E-state index is 0. The van der Waals surface area contributed by atoms with Gasteiger partial charge in [-0.2, -0.15) is 0 Å². The summed E-state index contributed by atoms with van der Waals surface area (Å²) in [5.41, 5.74) is 0. The Morgan fingerprint density at radius 1 is 0.706 bits per heavy atom. The van der Waals surface area contributed by atoms with Crippen molar-refractivity contribution in [2.75, 3.05) is 0 Å². The van der Waals surface area contributed by atoms with Gasteiger partial charge in [0.2, 0.25) is 0 Å². The summed E-state index contributed by atoms with van der Waals surface area (Å²) in [7, 11) is 0. The van der Waals surface area contributed by atoms with Gasteiger partial charge in [-0.05, 0) is 24.3 Å². The molecule has 0 saturated carbocycles. The Balaban J connectivity index is 0.000000284. The minimum atomic E-state index is 0. The number of rotatable bonds is 0. The molecule has 92 valence electrons. The molecule has 0 fully saturated rings. The van der Waals surface area contributed by atoms with E-state index in [-0.39, 0.29) is 5.48 Å². The molecule has 0 spiro atoms. The third kappa shape index (κ3) is 6.05. The summed E-state index contributed by atoms with van der Waals surface area (Å²) in [4.78, 5) is 7.42. The zero-order chi connectivity index (χ0) is 12.0. The van der Waals surface area contributed by atoms with Gasteiger partial charge in [-0.1, -0.05) is 46.4 Å². The van der Waals surface area contributed by atoms with Crippen LogP contribution in [0.2, 0.25) is 20.4 Å². The number of halogens is 4. The molecule has 0 amide bonds. The van der Waals surface area contributed by atoms with Crippen molar-refractivity contribution in [3.05, 3.63) is 57.0 Å². The van der Waals surface area contributed by atoms with Crippen LogP contribution in [0.25, 0.3) is 0 Å². The van der Waals surface area contributed by atoms with Gasteiger partial charge in [-0.25, -0.2) is 9.97 Å². The molecular weight excluding hydrogens is 306 g/mol. The highest BCUT2D eigenvalue weighted by atomic mass is 35.5. The lowest BCUT2D eigenvalue weighted by molar-refractivity contribution is 0.824. The first-order valence-corrected chi connectivity index (χ1v) is 5.64. The van der Waals surface area contributed by atoms with Crippen molar-refractivity contribution < 1.29 is 5.48 Å². The quantitative estimate of drug-likeness (QED) is 0.691. The molecule has 0 saturated heterocycles. The second kappa shape index (κ2) is 8.50. The minimum Gasteiger partial charge on any atom is -0.412 e. The topological polar surface area (TPSA) is 57.3 Å². The number of nitrogens with zero attached hydrogens (tertiary/aromatic N) is 2. The fourth-order valence-electron chi connectivity index (χ4n) is 0.733. The maximum Gasteiger partial charge on any atom is 0.147 e. The van der Waals surface area contributed by atoms with Crippen molar-refractivity contribution in [3.63, 3.8) is 0 Å².